The van der Waals surface area contributed by atoms with Gasteiger partial charge in [0.2, 0.25) is 0 Å². The number of benzene rings is 1. The van der Waals surface area contributed by atoms with Crippen molar-refractivity contribution >= 4 is 11.1 Å². The van der Waals surface area contributed by atoms with Gasteiger partial charge in [0.15, 0.2) is 11.5 Å². The van der Waals surface area contributed by atoms with Crippen LogP contribution in [0.15, 0.2) is 22.6 Å². The Bertz CT molecular complexity index is 509. The Morgan fingerprint density at radius 3 is 3.06 bits per heavy atom. The third-order valence-electron chi connectivity index (χ3n) is 2.86. The van der Waals surface area contributed by atoms with Gasteiger partial charge < -0.3 is 21.2 Å². The quantitative estimate of drug-likeness (QED) is 0.650. The minimum absolute atomic E-state index is 0.0319. The maximum absolute atomic E-state index is 5.72. The van der Waals surface area contributed by atoms with E-state index < -0.39 is 0 Å². The minimum atomic E-state index is 0.0319. The van der Waals surface area contributed by atoms with Crippen LogP contribution < -0.4 is 16.8 Å². The van der Waals surface area contributed by atoms with E-state index in [1.807, 2.05) is 19.1 Å². The SMILES string of the molecule is Cc1nc2ccc(CCNCC(N)CN)cc2o1. The van der Waals surface area contributed by atoms with Gasteiger partial charge >= 0.3 is 0 Å². The summed E-state index contributed by atoms with van der Waals surface area (Å²) in [5, 5.41) is 3.29. The molecule has 0 saturated heterocycles. The van der Waals surface area contributed by atoms with E-state index in [-0.39, 0.29) is 6.04 Å². The van der Waals surface area contributed by atoms with Gasteiger partial charge in [-0.2, -0.15) is 0 Å². The Hall–Kier alpha value is -1.43. The molecule has 0 aliphatic rings. The highest BCUT2D eigenvalue weighted by molar-refractivity contribution is 5.73. The minimum Gasteiger partial charge on any atom is -0.441 e. The fourth-order valence-electron chi connectivity index (χ4n) is 1.84. The summed E-state index contributed by atoms with van der Waals surface area (Å²) in [5.41, 5.74) is 14.2. The first-order chi connectivity index (χ1) is 8.69. The molecule has 5 N–H and O–H groups in total. The lowest BCUT2D eigenvalue weighted by Crippen LogP contribution is -2.40. The first kappa shape index (κ1) is 13.0. The molecule has 2 rings (SSSR count). The first-order valence-corrected chi connectivity index (χ1v) is 6.21. The molecule has 1 atom stereocenters. The van der Waals surface area contributed by atoms with Crippen molar-refractivity contribution in [3.8, 4) is 0 Å². The summed E-state index contributed by atoms with van der Waals surface area (Å²) in [7, 11) is 0. The molecule has 0 spiro atoms. The lowest BCUT2D eigenvalue weighted by atomic mass is 10.1. The fourth-order valence-corrected chi connectivity index (χ4v) is 1.84. The van der Waals surface area contributed by atoms with E-state index in [4.69, 9.17) is 15.9 Å². The number of aromatic nitrogens is 1. The van der Waals surface area contributed by atoms with E-state index in [1.165, 1.54) is 5.56 Å². The standard InChI is InChI=1S/C13H20N4O/c1-9-17-12-3-2-10(6-13(12)18-9)4-5-16-8-11(15)7-14/h2-3,6,11,16H,4-5,7-8,14-15H2,1H3. The molecular formula is C13H20N4O. The predicted octanol–water partition coefficient (Wildman–Crippen LogP) is 0.554. The summed E-state index contributed by atoms with van der Waals surface area (Å²) in [4.78, 5) is 4.27. The summed E-state index contributed by atoms with van der Waals surface area (Å²) in [6.07, 6.45) is 0.937. The van der Waals surface area contributed by atoms with Gasteiger partial charge in [-0.25, -0.2) is 4.98 Å². The molecule has 1 aromatic carbocycles. The Labute approximate surface area is 107 Å². The maximum atomic E-state index is 5.72. The highest BCUT2D eigenvalue weighted by atomic mass is 16.3. The Morgan fingerprint density at radius 2 is 2.28 bits per heavy atom. The monoisotopic (exact) mass is 248 g/mol. The van der Waals surface area contributed by atoms with Gasteiger partial charge in [0.05, 0.1) is 0 Å². The fraction of sp³-hybridized carbons (Fsp3) is 0.462. The van der Waals surface area contributed by atoms with Crippen LogP contribution in [-0.4, -0.2) is 30.7 Å². The lowest BCUT2D eigenvalue weighted by molar-refractivity contribution is 0.560. The molecule has 1 aromatic heterocycles. The van der Waals surface area contributed by atoms with E-state index >= 15 is 0 Å². The van der Waals surface area contributed by atoms with Crippen molar-refractivity contribution in [2.45, 2.75) is 19.4 Å². The Morgan fingerprint density at radius 1 is 1.44 bits per heavy atom. The summed E-state index contributed by atoms with van der Waals surface area (Å²) in [6.45, 7) is 4.00. The number of nitrogens with two attached hydrogens (primary N) is 2. The number of nitrogens with zero attached hydrogens (tertiary/aromatic N) is 1. The number of rotatable bonds is 6. The second-order valence-corrected chi connectivity index (χ2v) is 4.48. The van der Waals surface area contributed by atoms with Crippen LogP contribution >= 0.6 is 0 Å². The lowest BCUT2D eigenvalue weighted by Gasteiger charge is -2.09. The Balaban J connectivity index is 1.87. The van der Waals surface area contributed by atoms with Crippen molar-refractivity contribution in [2.75, 3.05) is 19.6 Å². The molecule has 0 saturated carbocycles. The third kappa shape index (κ3) is 3.29. The molecule has 0 aliphatic heterocycles. The van der Waals surface area contributed by atoms with E-state index in [0.717, 1.165) is 30.6 Å². The topological polar surface area (TPSA) is 90.1 Å². The van der Waals surface area contributed by atoms with Crippen LogP contribution in [0.2, 0.25) is 0 Å². The average Bonchev–Trinajstić information content (AvgIpc) is 2.73. The molecule has 5 heteroatoms. The summed E-state index contributed by atoms with van der Waals surface area (Å²) in [5.74, 6) is 0.703. The van der Waals surface area contributed by atoms with Crippen molar-refractivity contribution < 1.29 is 4.42 Å². The van der Waals surface area contributed by atoms with Crippen LogP contribution in [0.5, 0.6) is 0 Å². The highest BCUT2D eigenvalue weighted by Crippen LogP contribution is 2.16. The van der Waals surface area contributed by atoms with Crippen molar-refractivity contribution in [1.82, 2.24) is 10.3 Å². The van der Waals surface area contributed by atoms with E-state index in [9.17, 15) is 0 Å². The van der Waals surface area contributed by atoms with Crippen LogP contribution in [0.3, 0.4) is 0 Å². The van der Waals surface area contributed by atoms with Crippen molar-refractivity contribution in [3.63, 3.8) is 0 Å². The first-order valence-electron chi connectivity index (χ1n) is 6.21. The molecule has 0 fully saturated rings. The molecule has 18 heavy (non-hydrogen) atoms. The second kappa shape index (κ2) is 5.95. The number of fused-ring (bicyclic) bond motifs is 1. The highest BCUT2D eigenvalue weighted by Gasteiger charge is 2.03. The van der Waals surface area contributed by atoms with Crippen LogP contribution in [-0.2, 0) is 6.42 Å². The molecule has 0 amide bonds. The molecule has 1 heterocycles. The smallest absolute Gasteiger partial charge is 0.192 e. The van der Waals surface area contributed by atoms with Gasteiger partial charge in [-0.3, -0.25) is 0 Å². The van der Waals surface area contributed by atoms with Gasteiger partial charge in [0.1, 0.15) is 5.52 Å². The molecule has 0 bridgehead atoms. The number of hydrogen-bond acceptors (Lipinski definition) is 5. The summed E-state index contributed by atoms with van der Waals surface area (Å²) < 4.78 is 5.50. The van der Waals surface area contributed by atoms with Crippen molar-refractivity contribution in [3.05, 3.63) is 29.7 Å². The Kier molecular flexibility index (Phi) is 4.30. The van der Waals surface area contributed by atoms with Crippen molar-refractivity contribution in [2.24, 2.45) is 11.5 Å². The molecular weight excluding hydrogens is 228 g/mol. The number of aryl methyl sites for hydroxylation is 1. The summed E-state index contributed by atoms with van der Waals surface area (Å²) in [6, 6.07) is 6.14. The number of nitrogens with one attached hydrogen (secondary N) is 1. The molecule has 98 valence electrons. The number of hydrogen-bond donors (Lipinski definition) is 3. The molecule has 0 aliphatic carbocycles. The molecule has 1 unspecified atom stereocenters. The summed E-state index contributed by atoms with van der Waals surface area (Å²) >= 11 is 0. The van der Waals surface area contributed by atoms with Crippen molar-refractivity contribution in [1.29, 1.82) is 0 Å². The van der Waals surface area contributed by atoms with Gasteiger partial charge in [-0.05, 0) is 30.7 Å². The maximum Gasteiger partial charge on any atom is 0.192 e. The average molecular weight is 248 g/mol. The zero-order chi connectivity index (χ0) is 13.0. The molecule has 2 aromatic rings. The third-order valence-corrected chi connectivity index (χ3v) is 2.86. The van der Waals surface area contributed by atoms with Gasteiger partial charge in [0.25, 0.3) is 0 Å². The van der Waals surface area contributed by atoms with E-state index in [2.05, 4.69) is 16.4 Å². The molecule has 0 radical (unpaired) electrons. The van der Waals surface area contributed by atoms with Gasteiger partial charge in [0, 0.05) is 26.1 Å². The van der Waals surface area contributed by atoms with E-state index in [0.29, 0.717) is 12.4 Å². The zero-order valence-electron chi connectivity index (χ0n) is 10.6. The normalized spacial score (nSPS) is 13.1. The van der Waals surface area contributed by atoms with Crippen LogP contribution in [0.25, 0.3) is 11.1 Å². The van der Waals surface area contributed by atoms with Crippen LogP contribution in [0.1, 0.15) is 11.5 Å². The predicted molar refractivity (Wildman–Crippen MR) is 72.3 cm³/mol. The van der Waals surface area contributed by atoms with E-state index in [1.54, 1.807) is 0 Å². The zero-order valence-corrected chi connectivity index (χ0v) is 10.6. The van der Waals surface area contributed by atoms with Gasteiger partial charge in [-0.1, -0.05) is 6.07 Å². The van der Waals surface area contributed by atoms with Gasteiger partial charge in [-0.15, -0.1) is 0 Å². The molecule has 5 nitrogen and oxygen atoms in total. The largest absolute Gasteiger partial charge is 0.441 e. The second-order valence-electron chi connectivity index (χ2n) is 4.48. The van der Waals surface area contributed by atoms with Crippen LogP contribution in [0, 0.1) is 6.92 Å². The van der Waals surface area contributed by atoms with Crippen LogP contribution in [0.4, 0.5) is 0 Å². The number of oxazole rings is 1.